The molecule has 6 nitrogen and oxygen atoms in total. The van der Waals surface area contributed by atoms with E-state index in [1.165, 1.54) is 9.87 Å². The number of hydrogen-bond donors (Lipinski definition) is 1. The van der Waals surface area contributed by atoms with E-state index >= 15 is 0 Å². The SMILES string of the molecule is CC[C@@H](C)c1ccccc1Nc1nc2cc(S(=O)(=O)N(CC)CC)ccc2o1. The average molecular weight is 402 g/mol. The molecule has 0 aliphatic heterocycles. The van der Waals surface area contributed by atoms with Crippen LogP contribution in [0.25, 0.3) is 11.1 Å². The summed E-state index contributed by atoms with van der Waals surface area (Å²) in [4.78, 5) is 4.68. The second-order valence-electron chi connectivity index (χ2n) is 6.76. The molecule has 2 aromatic carbocycles. The van der Waals surface area contributed by atoms with E-state index in [0.29, 0.717) is 36.1 Å². The normalized spacial score (nSPS) is 13.2. The molecular weight excluding hydrogens is 374 g/mol. The minimum Gasteiger partial charge on any atom is -0.423 e. The van der Waals surface area contributed by atoms with E-state index in [4.69, 9.17) is 4.42 Å². The summed E-state index contributed by atoms with van der Waals surface area (Å²) in [5.41, 5.74) is 3.19. The number of hydrogen-bond acceptors (Lipinski definition) is 5. The molecule has 0 radical (unpaired) electrons. The second kappa shape index (κ2) is 8.32. The molecule has 0 spiro atoms. The Morgan fingerprint density at radius 2 is 1.82 bits per heavy atom. The topological polar surface area (TPSA) is 75.4 Å². The summed E-state index contributed by atoms with van der Waals surface area (Å²) < 4.78 is 32.7. The summed E-state index contributed by atoms with van der Waals surface area (Å²) in [7, 11) is -3.53. The van der Waals surface area contributed by atoms with Gasteiger partial charge in [0.2, 0.25) is 10.0 Å². The van der Waals surface area contributed by atoms with E-state index in [1.807, 2.05) is 32.0 Å². The van der Waals surface area contributed by atoms with Crippen LogP contribution in [0.2, 0.25) is 0 Å². The molecule has 0 saturated heterocycles. The lowest BCUT2D eigenvalue weighted by atomic mass is 9.97. The molecule has 0 fully saturated rings. The largest absolute Gasteiger partial charge is 0.423 e. The van der Waals surface area contributed by atoms with Gasteiger partial charge in [0.15, 0.2) is 5.58 Å². The quantitative estimate of drug-likeness (QED) is 0.567. The highest BCUT2D eigenvalue weighted by molar-refractivity contribution is 7.89. The van der Waals surface area contributed by atoms with Crippen LogP contribution in [0.4, 0.5) is 11.7 Å². The fraction of sp³-hybridized carbons (Fsp3) is 0.381. The average Bonchev–Trinajstić information content (AvgIpc) is 3.10. The van der Waals surface area contributed by atoms with Gasteiger partial charge in [0.1, 0.15) is 5.52 Å². The van der Waals surface area contributed by atoms with Crippen LogP contribution in [0, 0.1) is 0 Å². The van der Waals surface area contributed by atoms with Crippen molar-refractivity contribution in [3.63, 3.8) is 0 Å². The van der Waals surface area contributed by atoms with E-state index in [0.717, 1.165) is 12.1 Å². The van der Waals surface area contributed by atoms with E-state index in [2.05, 4.69) is 30.2 Å². The Labute approximate surface area is 166 Å². The van der Waals surface area contributed by atoms with Crippen LogP contribution in [0.15, 0.2) is 51.8 Å². The molecule has 28 heavy (non-hydrogen) atoms. The molecule has 3 aromatic rings. The van der Waals surface area contributed by atoms with Gasteiger partial charge >= 0.3 is 0 Å². The summed E-state index contributed by atoms with van der Waals surface area (Å²) in [5, 5.41) is 3.24. The zero-order chi connectivity index (χ0) is 20.3. The molecular formula is C21H27N3O3S. The summed E-state index contributed by atoms with van der Waals surface area (Å²) >= 11 is 0. The number of aromatic nitrogens is 1. The highest BCUT2D eigenvalue weighted by Gasteiger charge is 2.22. The number of fused-ring (bicyclic) bond motifs is 1. The Morgan fingerprint density at radius 1 is 1.11 bits per heavy atom. The Kier molecular flexibility index (Phi) is 6.05. The van der Waals surface area contributed by atoms with Gasteiger partial charge in [-0.15, -0.1) is 0 Å². The lowest BCUT2D eigenvalue weighted by Gasteiger charge is -2.18. The fourth-order valence-corrected chi connectivity index (χ4v) is 4.69. The smallest absolute Gasteiger partial charge is 0.300 e. The van der Waals surface area contributed by atoms with Crippen molar-refractivity contribution in [3.8, 4) is 0 Å². The molecule has 0 saturated carbocycles. The molecule has 0 aliphatic carbocycles. The first-order valence-electron chi connectivity index (χ1n) is 9.67. The molecule has 150 valence electrons. The zero-order valence-electron chi connectivity index (χ0n) is 16.8. The van der Waals surface area contributed by atoms with Gasteiger partial charge in [0.25, 0.3) is 6.01 Å². The van der Waals surface area contributed by atoms with Crippen molar-refractivity contribution in [3.05, 3.63) is 48.0 Å². The first-order chi connectivity index (χ1) is 13.4. The number of rotatable bonds is 8. The van der Waals surface area contributed by atoms with Gasteiger partial charge in [-0.05, 0) is 42.2 Å². The van der Waals surface area contributed by atoms with Crippen LogP contribution in [-0.2, 0) is 10.0 Å². The minimum atomic E-state index is -3.53. The minimum absolute atomic E-state index is 0.226. The van der Waals surface area contributed by atoms with E-state index in [9.17, 15) is 8.42 Å². The number of oxazole rings is 1. The standard InChI is InChI=1S/C21H27N3O3S/c1-5-15(4)17-10-8-9-11-18(17)22-21-23-19-14-16(12-13-20(19)27-21)28(25,26)24(6-2)7-3/h8-15H,5-7H2,1-4H3,(H,22,23)/t15-/m1/s1. The summed E-state index contributed by atoms with van der Waals surface area (Å²) in [5.74, 6) is 0.402. The molecule has 0 bridgehead atoms. The zero-order valence-corrected chi connectivity index (χ0v) is 17.6. The lowest BCUT2D eigenvalue weighted by Crippen LogP contribution is -2.30. The first-order valence-corrected chi connectivity index (χ1v) is 11.1. The van der Waals surface area contributed by atoms with Crippen LogP contribution in [0.1, 0.15) is 45.6 Å². The third-order valence-corrected chi connectivity index (χ3v) is 7.09. The van der Waals surface area contributed by atoms with Crippen molar-refractivity contribution in [2.24, 2.45) is 0 Å². The maximum Gasteiger partial charge on any atom is 0.300 e. The predicted octanol–water partition coefficient (Wildman–Crippen LogP) is 5.12. The van der Waals surface area contributed by atoms with Crippen LogP contribution in [0.5, 0.6) is 0 Å². The predicted molar refractivity (Wildman–Crippen MR) is 113 cm³/mol. The highest BCUT2D eigenvalue weighted by atomic mass is 32.2. The van der Waals surface area contributed by atoms with Crippen molar-refractivity contribution in [2.75, 3.05) is 18.4 Å². The number of anilines is 2. The van der Waals surface area contributed by atoms with Gasteiger partial charge in [0.05, 0.1) is 4.90 Å². The third-order valence-electron chi connectivity index (χ3n) is 5.05. The van der Waals surface area contributed by atoms with Crippen molar-refractivity contribution < 1.29 is 12.8 Å². The maximum absolute atomic E-state index is 12.7. The summed E-state index contributed by atoms with van der Waals surface area (Å²) in [6, 6.07) is 13.2. The summed E-state index contributed by atoms with van der Waals surface area (Å²) in [6.45, 7) is 8.83. The number of benzene rings is 2. The number of nitrogens with zero attached hydrogens (tertiary/aromatic N) is 2. The van der Waals surface area contributed by atoms with Gasteiger partial charge in [-0.3, -0.25) is 0 Å². The highest BCUT2D eigenvalue weighted by Crippen LogP contribution is 2.30. The first kappa shape index (κ1) is 20.4. The van der Waals surface area contributed by atoms with Crippen LogP contribution in [-0.4, -0.2) is 30.8 Å². The summed E-state index contributed by atoms with van der Waals surface area (Å²) in [6.07, 6.45) is 1.03. The van der Waals surface area contributed by atoms with Crippen molar-refractivity contribution in [1.82, 2.24) is 9.29 Å². The van der Waals surface area contributed by atoms with Crippen LogP contribution in [0.3, 0.4) is 0 Å². The van der Waals surface area contributed by atoms with Crippen molar-refractivity contribution in [1.29, 1.82) is 0 Å². The number of nitrogens with one attached hydrogen (secondary N) is 1. The Balaban J connectivity index is 1.95. The molecule has 0 aliphatic rings. The van der Waals surface area contributed by atoms with Gasteiger partial charge in [0, 0.05) is 18.8 Å². The van der Waals surface area contributed by atoms with Crippen LogP contribution < -0.4 is 5.32 Å². The molecule has 1 N–H and O–H groups in total. The molecule has 7 heteroatoms. The molecule has 0 amide bonds. The molecule has 1 atom stereocenters. The van der Waals surface area contributed by atoms with Gasteiger partial charge in [-0.2, -0.15) is 9.29 Å². The van der Waals surface area contributed by atoms with Gasteiger partial charge < -0.3 is 9.73 Å². The Hall–Kier alpha value is -2.38. The second-order valence-corrected chi connectivity index (χ2v) is 8.70. The van der Waals surface area contributed by atoms with Crippen molar-refractivity contribution >= 4 is 32.8 Å². The Morgan fingerprint density at radius 3 is 2.50 bits per heavy atom. The third kappa shape index (κ3) is 3.91. The van der Waals surface area contributed by atoms with Crippen LogP contribution >= 0.6 is 0 Å². The number of para-hydroxylation sites is 1. The van der Waals surface area contributed by atoms with Gasteiger partial charge in [-0.25, -0.2) is 8.42 Å². The molecule has 0 unspecified atom stereocenters. The number of sulfonamides is 1. The molecule has 1 heterocycles. The molecule has 1 aromatic heterocycles. The van der Waals surface area contributed by atoms with E-state index < -0.39 is 10.0 Å². The Bertz CT molecular complexity index is 1060. The van der Waals surface area contributed by atoms with E-state index in [-0.39, 0.29) is 4.90 Å². The maximum atomic E-state index is 12.7. The lowest BCUT2D eigenvalue weighted by molar-refractivity contribution is 0.445. The fourth-order valence-electron chi connectivity index (χ4n) is 3.21. The van der Waals surface area contributed by atoms with E-state index in [1.54, 1.807) is 18.2 Å². The monoisotopic (exact) mass is 401 g/mol. The van der Waals surface area contributed by atoms with Crippen molar-refractivity contribution in [2.45, 2.75) is 44.9 Å². The van der Waals surface area contributed by atoms with Gasteiger partial charge in [-0.1, -0.05) is 45.9 Å². The molecule has 3 rings (SSSR count).